The quantitative estimate of drug-likeness (QED) is 0.392. The standard InChI is InChI=1S/C7H13NO2/c1-3-4-8-5-7(9)6-10-2/h1,7-9H,4-6H2,2H3. The lowest BCUT2D eigenvalue weighted by molar-refractivity contribution is 0.0653. The van der Waals surface area contributed by atoms with Crippen LogP contribution < -0.4 is 5.32 Å². The van der Waals surface area contributed by atoms with Crippen LogP contribution >= 0.6 is 0 Å². The minimum Gasteiger partial charge on any atom is -0.389 e. The van der Waals surface area contributed by atoms with E-state index in [4.69, 9.17) is 16.3 Å². The monoisotopic (exact) mass is 143 g/mol. The fourth-order valence-electron chi connectivity index (χ4n) is 0.562. The van der Waals surface area contributed by atoms with E-state index in [2.05, 4.69) is 11.2 Å². The highest BCUT2D eigenvalue weighted by Gasteiger charge is 1.99. The summed E-state index contributed by atoms with van der Waals surface area (Å²) in [6.07, 6.45) is 4.50. The molecule has 3 heteroatoms. The smallest absolute Gasteiger partial charge is 0.0897 e. The second kappa shape index (κ2) is 6.56. The maximum atomic E-state index is 9.02. The van der Waals surface area contributed by atoms with Gasteiger partial charge in [0.05, 0.1) is 19.3 Å². The van der Waals surface area contributed by atoms with Gasteiger partial charge in [-0.2, -0.15) is 0 Å². The molecule has 58 valence electrons. The SMILES string of the molecule is C#CCNCC(O)COC. The predicted molar refractivity (Wildman–Crippen MR) is 39.6 cm³/mol. The highest BCUT2D eigenvalue weighted by atomic mass is 16.5. The third kappa shape index (κ3) is 5.57. The van der Waals surface area contributed by atoms with E-state index in [9.17, 15) is 0 Å². The summed E-state index contributed by atoms with van der Waals surface area (Å²) >= 11 is 0. The number of aliphatic hydroxyl groups is 1. The van der Waals surface area contributed by atoms with Crippen molar-refractivity contribution in [2.24, 2.45) is 0 Å². The molecule has 0 fully saturated rings. The molecule has 0 aromatic rings. The Kier molecular flexibility index (Phi) is 6.19. The molecule has 0 spiro atoms. The zero-order chi connectivity index (χ0) is 7.82. The van der Waals surface area contributed by atoms with Gasteiger partial charge in [0.25, 0.3) is 0 Å². The van der Waals surface area contributed by atoms with Crippen LogP contribution in [0.25, 0.3) is 0 Å². The number of hydrogen-bond acceptors (Lipinski definition) is 3. The minimum absolute atomic E-state index is 0.345. The van der Waals surface area contributed by atoms with Crippen molar-refractivity contribution in [3.63, 3.8) is 0 Å². The lowest BCUT2D eigenvalue weighted by atomic mass is 10.4. The molecular formula is C7H13NO2. The van der Waals surface area contributed by atoms with Crippen molar-refractivity contribution in [2.75, 3.05) is 26.8 Å². The van der Waals surface area contributed by atoms with Crippen molar-refractivity contribution in [3.8, 4) is 12.3 Å². The average Bonchev–Trinajstić information content (AvgIpc) is 1.89. The first-order valence-electron chi connectivity index (χ1n) is 3.12. The van der Waals surface area contributed by atoms with E-state index in [1.54, 1.807) is 7.11 Å². The van der Waals surface area contributed by atoms with Gasteiger partial charge in [0.2, 0.25) is 0 Å². The molecule has 0 aliphatic heterocycles. The normalized spacial score (nSPS) is 12.5. The van der Waals surface area contributed by atoms with Crippen LogP contribution in [0.2, 0.25) is 0 Å². The van der Waals surface area contributed by atoms with Crippen molar-refractivity contribution >= 4 is 0 Å². The summed E-state index contributed by atoms with van der Waals surface area (Å²) < 4.78 is 4.69. The number of hydrogen-bond donors (Lipinski definition) is 2. The molecule has 3 nitrogen and oxygen atoms in total. The number of rotatable bonds is 5. The van der Waals surface area contributed by atoms with Gasteiger partial charge in [-0.05, 0) is 0 Å². The van der Waals surface area contributed by atoms with E-state index in [1.807, 2.05) is 0 Å². The van der Waals surface area contributed by atoms with Crippen molar-refractivity contribution in [1.82, 2.24) is 5.32 Å². The number of methoxy groups -OCH3 is 1. The lowest BCUT2D eigenvalue weighted by Gasteiger charge is -2.07. The number of terminal acetylenes is 1. The molecular weight excluding hydrogens is 130 g/mol. The molecule has 0 aromatic carbocycles. The third-order valence-corrected chi connectivity index (χ3v) is 0.966. The average molecular weight is 143 g/mol. The number of ether oxygens (including phenoxy) is 1. The summed E-state index contributed by atoms with van der Waals surface area (Å²) in [6, 6.07) is 0. The van der Waals surface area contributed by atoms with Crippen molar-refractivity contribution in [3.05, 3.63) is 0 Å². The van der Waals surface area contributed by atoms with Crippen LogP contribution in [0, 0.1) is 12.3 Å². The fourth-order valence-corrected chi connectivity index (χ4v) is 0.562. The predicted octanol–water partition coefficient (Wildman–Crippen LogP) is -0.784. The van der Waals surface area contributed by atoms with Crippen LogP contribution in [0.5, 0.6) is 0 Å². The van der Waals surface area contributed by atoms with E-state index in [1.165, 1.54) is 0 Å². The van der Waals surface area contributed by atoms with Gasteiger partial charge in [0.1, 0.15) is 0 Å². The Bertz CT molecular complexity index is 109. The summed E-state index contributed by atoms with van der Waals surface area (Å²) in [5.74, 6) is 2.40. The Morgan fingerprint density at radius 1 is 1.80 bits per heavy atom. The van der Waals surface area contributed by atoms with Gasteiger partial charge in [0, 0.05) is 13.7 Å². The Hall–Kier alpha value is -0.560. The molecule has 0 amide bonds. The van der Waals surface area contributed by atoms with Gasteiger partial charge in [-0.3, -0.25) is 0 Å². The summed E-state index contributed by atoms with van der Waals surface area (Å²) in [7, 11) is 1.55. The van der Waals surface area contributed by atoms with Crippen LogP contribution in [-0.4, -0.2) is 38.0 Å². The molecule has 0 bridgehead atoms. The van der Waals surface area contributed by atoms with Gasteiger partial charge in [0.15, 0.2) is 0 Å². The zero-order valence-corrected chi connectivity index (χ0v) is 6.13. The van der Waals surface area contributed by atoms with Gasteiger partial charge in [-0.1, -0.05) is 5.92 Å². The van der Waals surface area contributed by atoms with E-state index in [0.717, 1.165) is 0 Å². The molecule has 0 aromatic heterocycles. The first-order chi connectivity index (χ1) is 4.81. The summed E-state index contributed by atoms with van der Waals surface area (Å²) in [4.78, 5) is 0. The van der Waals surface area contributed by atoms with Crippen molar-refractivity contribution in [2.45, 2.75) is 6.10 Å². The Labute approximate surface area is 61.4 Å². The summed E-state index contributed by atoms with van der Waals surface area (Å²) in [6.45, 7) is 1.32. The highest BCUT2D eigenvalue weighted by Crippen LogP contribution is 1.79. The molecule has 10 heavy (non-hydrogen) atoms. The maximum absolute atomic E-state index is 9.02. The minimum atomic E-state index is -0.460. The molecule has 0 rings (SSSR count). The molecule has 0 heterocycles. The zero-order valence-electron chi connectivity index (χ0n) is 6.13. The molecule has 0 aliphatic rings. The van der Waals surface area contributed by atoms with Gasteiger partial charge in [-0.15, -0.1) is 6.42 Å². The van der Waals surface area contributed by atoms with Gasteiger partial charge >= 0.3 is 0 Å². The topological polar surface area (TPSA) is 41.5 Å². The fraction of sp³-hybridized carbons (Fsp3) is 0.714. The van der Waals surface area contributed by atoms with Gasteiger partial charge < -0.3 is 15.2 Å². The maximum Gasteiger partial charge on any atom is 0.0897 e. The van der Waals surface area contributed by atoms with Crippen molar-refractivity contribution < 1.29 is 9.84 Å². The van der Waals surface area contributed by atoms with E-state index in [-0.39, 0.29) is 0 Å². The van der Waals surface area contributed by atoms with E-state index < -0.39 is 6.10 Å². The van der Waals surface area contributed by atoms with E-state index >= 15 is 0 Å². The van der Waals surface area contributed by atoms with Crippen LogP contribution in [-0.2, 0) is 4.74 Å². The van der Waals surface area contributed by atoms with Crippen LogP contribution in [0.3, 0.4) is 0 Å². The molecule has 0 saturated heterocycles. The van der Waals surface area contributed by atoms with Crippen molar-refractivity contribution in [1.29, 1.82) is 0 Å². The number of aliphatic hydroxyl groups excluding tert-OH is 1. The Balaban J connectivity index is 3.06. The summed E-state index contributed by atoms with van der Waals surface area (Å²) in [5, 5.41) is 11.9. The first-order valence-corrected chi connectivity index (χ1v) is 3.12. The third-order valence-electron chi connectivity index (χ3n) is 0.966. The van der Waals surface area contributed by atoms with Gasteiger partial charge in [-0.25, -0.2) is 0 Å². The Morgan fingerprint density at radius 2 is 2.50 bits per heavy atom. The lowest BCUT2D eigenvalue weighted by Crippen LogP contribution is -2.30. The molecule has 0 saturated carbocycles. The molecule has 0 aliphatic carbocycles. The molecule has 1 atom stereocenters. The van der Waals surface area contributed by atoms with Crippen LogP contribution in [0.15, 0.2) is 0 Å². The second-order valence-corrected chi connectivity index (χ2v) is 1.94. The largest absolute Gasteiger partial charge is 0.389 e. The number of nitrogens with one attached hydrogen (secondary N) is 1. The van der Waals surface area contributed by atoms with Crippen LogP contribution in [0.4, 0.5) is 0 Å². The molecule has 0 radical (unpaired) electrons. The van der Waals surface area contributed by atoms with E-state index in [0.29, 0.717) is 19.7 Å². The molecule has 2 N–H and O–H groups in total. The summed E-state index contributed by atoms with van der Waals surface area (Å²) in [5.41, 5.74) is 0. The second-order valence-electron chi connectivity index (χ2n) is 1.94. The van der Waals surface area contributed by atoms with Crippen LogP contribution in [0.1, 0.15) is 0 Å². The first kappa shape index (κ1) is 9.44. The highest BCUT2D eigenvalue weighted by molar-refractivity contribution is 4.86. The molecule has 1 unspecified atom stereocenters. The Morgan fingerprint density at radius 3 is 3.00 bits per heavy atom.